The van der Waals surface area contributed by atoms with Crippen molar-refractivity contribution >= 4 is 35.2 Å². The quantitative estimate of drug-likeness (QED) is 0.578. The molecule has 0 radical (unpaired) electrons. The first-order valence-corrected chi connectivity index (χ1v) is 4.42. The van der Waals surface area contributed by atoms with Crippen LogP contribution in [0, 0.1) is 16.3 Å². The highest BCUT2D eigenvalue weighted by Gasteiger charge is 2.18. The van der Waals surface area contributed by atoms with Crippen LogP contribution in [-0.4, -0.2) is 17.2 Å². The van der Waals surface area contributed by atoms with E-state index in [2.05, 4.69) is 0 Å². The summed E-state index contributed by atoms with van der Waals surface area (Å²) < 4.78 is 14.0. The van der Waals surface area contributed by atoms with Crippen LogP contribution in [0.15, 0.2) is 12.1 Å². The first kappa shape index (κ1) is 9.95. The second-order valence-corrected chi connectivity index (χ2v) is 3.61. The van der Waals surface area contributed by atoms with Crippen LogP contribution in [0.4, 0.5) is 4.39 Å². The molecule has 0 atom stereocenters. The van der Waals surface area contributed by atoms with Gasteiger partial charge in [-0.15, -0.1) is 0 Å². The minimum Gasteiger partial charge on any atom is -0.423 e. The molecular formula is C7H7BFIO2. The average molecular weight is 280 g/mol. The summed E-state index contributed by atoms with van der Waals surface area (Å²) in [7, 11) is -1.74. The van der Waals surface area contributed by atoms with Crippen LogP contribution in [0.5, 0.6) is 0 Å². The molecule has 0 spiro atoms. The van der Waals surface area contributed by atoms with Crippen LogP contribution in [0.2, 0.25) is 0 Å². The van der Waals surface area contributed by atoms with Crippen molar-refractivity contribution in [2.24, 2.45) is 0 Å². The molecule has 2 nitrogen and oxygen atoms in total. The zero-order valence-electron chi connectivity index (χ0n) is 6.38. The third-order valence-electron chi connectivity index (χ3n) is 1.63. The highest BCUT2D eigenvalue weighted by Crippen LogP contribution is 2.12. The molecule has 2 N–H and O–H groups in total. The lowest BCUT2D eigenvalue weighted by molar-refractivity contribution is 0.423. The maximum Gasteiger partial charge on any atom is 0.491 e. The van der Waals surface area contributed by atoms with Crippen molar-refractivity contribution in [3.8, 4) is 0 Å². The Morgan fingerprint density at radius 1 is 1.42 bits per heavy atom. The maximum atomic E-state index is 13.2. The lowest BCUT2D eigenvalue weighted by Gasteiger charge is -2.05. The normalized spacial score (nSPS) is 10.1. The van der Waals surface area contributed by atoms with E-state index >= 15 is 0 Å². The Kier molecular flexibility index (Phi) is 3.08. The molecule has 1 aromatic rings. The molecular weight excluding hydrogens is 273 g/mol. The standard InChI is InChI=1S/C7H7BFIO2/c1-4-6(10)3-2-5(7(4)9)8(11)12/h2-3,11-12H,1H3. The number of hydrogen-bond acceptors (Lipinski definition) is 2. The summed E-state index contributed by atoms with van der Waals surface area (Å²) in [6.07, 6.45) is 0. The zero-order chi connectivity index (χ0) is 9.30. The van der Waals surface area contributed by atoms with Crippen molar-refractivity contribution in [1.29, 1.82) is 0 Å². The molecule has 64 valence electrons. The van der Waals surface area contributed by atoms with Gasteiger partial charge in [-0.05, 0) is 41.1 Å². The van der Waals surface area contributed by atoms with Gasteiger partial charge in [0.05, 0.1) is 0 Å². The Morgan fingerprint density at radius 3 is 2.50 bits per heavy atom. The van der Waals surface area contributed by atoms with Crippen molar-refractivity contribution in [2.75, 3.05) is 0 Å². The summed E-state index contributed by atoms with van der Waals surface area (Å²) in [4.78, 5) is 0. The molecule has 0 saturated carbocycles. The SMILES string of the molecule is Cc1c(I)ccc(B(O)O)c1F. The highest BCUT2D eigenvalue weighted by atomic mass is 127. The summed E-state index contributed by atoms with van der Waals surface area (Å²) in [6.45, 7) is 1.60. The Balaban J connectivity index is 3.27. The smallest absolute Gasteiger partial charge is 0.423 e. The summed E-state index contributed by atoms with van der Waals surface area (Å²) in [5.41, 5.74) is 0.370. The molecule has 0 amide bonds. The number of halogens is 2. The summed E-state index contributed by atoms with van der Waals surface area (Å²) in [6, 6.07) is 3.02. The molecule has 0 saturated heterocycles. The van der Waals surface area contributed by atoms with E-state index in [1.807, 2.05) is 22.6 Å². The highest BCUT2D eigenvalue weighted by molar-refractivity contribution is 14.1. The number of hydrogen-bond donors (Lipinski definition) is 2. The van der Waals surface area contributed by atoms with E-state index in [1.54, 1.807) is 13.0 Å². The molecule has 0 aromatic heterocycles. The predicted octanol–water partition coefficient (Wildman–Crippen LogP) is 0.419. The molecule has 0 bridgehead atoms. The van der Waals surface area contributed by atoms with E-state index < -0.39 is 12.9 Å². The molecule has 0 aliphatic heterocycles. The van der Waals surface area contributed by atoms with Crippen molar-refractivity contribution in [1.82, 2.24) is 0 Å². The maximum absolute atomic E-state index is 13.2. The number of rotatable bonds is 1. The van der Waals surface area contributed by atoms with Gasteiger partial charge < -0.3 is 10.0 Å². The van der Waals surface area contributed by atoms with Crippen LogP contribution in [-0.2, 0) is 0 Å². The van der Waals surface area contributed by atoms with E-state index in [1.165, 1.54) is 6.07 Å². The minimum atomic E-state index is -1.74. The minimum absolute atomic E-state index is 0.0760. The van der Waals surface area contributed by atoms with Gasteiger partial charge in [0.15, 0.2) is 0 Å². The lowest BCUT2D eigenvalue weighted by atomic mass is 9.79. The molecule has 0 heterocycles. The van der Waals surface area contributed by atoms with Crippen molar-refractivity contribution < 1.29 is 14.4 Å². The van der Waals surface area contributed by atoms with E-state index in [9.17, 15) is 4.39 Å². The lowest BCUT2D eigenvalue weighted by Crippen LogP contribution is -2.33. The van der Waals surface area contributed by atoms with Crippen LogP contribution in [0.25, 0.3) is 0 Å². The zero-order valence-corrected chi connectivity index (χ0v) is 8.54. The largest absolute Gasteiger partial charge is 0.491 e. The van der Waals surface area contributed by atoms with Gasteiger partial charge in [0, 0.05) is 9.03 Å². The van der Waals surface area contributed by atoms with Crippen LogP contribution in [0.3, 0.4) is 0 Å². The van der Waals surface area contributed by atoms with E-state index in [0.717, 1.165) is 3.57 Å². The summed E-state index contributed by atoms with van der Waals surface area (Å²) in [5, 5.41) is 17.5. The van der Waals surface area contributed by atoms with Gasteiger partial charge in [-0.25, -0.2) is 4.39 Å². The monoisotopic (exact) mass is 280 g/mol. The van der Waals surface area contributed by atoms with Gasteiger partial charge in [0.2, 0.25) is 0 Å². The van der Waals surface area contributed by atoms with Crippen LogP contribution in [0.1, 0.15) is 5.56 Å². The van der Waals surface area contributed by atoms with E-state index in [0.29, 0.717) is 5.56 Å². The fourth-order valence-corrected chi connectivity index (χ4v) is 1.30. The van der Waals surface area contributed by atoms with Crippen LogP contribution >= 0.6 is 22.6 Å². The molecule has 0 aliphatic rings. The van der Waals surface area contributed by atoms with Gasteiger partial charge in [-0.2, -0.15) is 0 Å². The predicted molar refractivity (Wildman–Crippen MR) is 53.7 cm³/mol. The fourth-order valence-electron chi connectivity index (χ4n) is 0.882. The summed E-state index contributed by atoms with van der Waals surface area (Å²) >= 11 is 1.99. The van der Waals surface area contributed by atoms with Crippen molar-refractivity contribution in [3.63, 3.8) is 0 Å². The Bertz CT molecular complexity index is 304. The second kappa shape index (κ2) is 3.72. The van der Waals surface area contributed by atoms with E-state index in [4.69, 9.17) is 10.0 Å². The van der Waals surface area contributed by atoms with Gasteiger partial charge in [0.1, 0.15) is 5.82 Å². The van der Waals surface area contributed by atoms with Crippen molar-refractivity contribution in [3.05, 3.63) is 27.1 Å². The molecule has 1 rings (SSSR count). The fraction of sp³-hybridized carbons (Fsp3) is 0.143. The first-order valence-electron chi connectivity index (χ1n) is 3.34. The third kappa shape index (κ3) is 1.78. The summed E-state index contributed by atoms with van der Waals surface area (Å²) in [5.74, 6) is -0.545. The number of benzene rings is 1. The van der Waals surface area contributed by atoms with Crippen LogP contribution < -0.4 is 5.46 Å². The third-order valence-corrected chi connectivity index (χ3v) is 2.80. The van der Waals surface area contributed by atoms with Gasteiger partial charge in [0.25, 0.3) is 0 Å². The van der Waals surface area contributed by atoms with Crippen molar-refractivity contribution in [2.45, 2.75) is 6.92 Å². The van der Waals surface area contributed by atoms with Gasteiger partial charge in [-0.1, -0.05) is 6.07 Å². The van der Waals surface area contributed by atoms with Gasteiger partial charge >= 0.3 is 7.12 Å². The molecule has 1 aromatic carbocycles. The molecule has 5 heteroatoms. The van der Waals surface area contributed by atoms with Gasteiger partial charge in [-0.3, -0.25) is 0 Å². The average Bonchev–Trinajstić information content (AvgIpc) is 2.00. The first-order chi connectivity index (χ1) is 5.54. The molecule has 0 aliphatic carbocycles. The Morgan fingerprint density at radius 2 is 2.00 bits per heavy atom. The topological polar surface area (TPSA) is 40.5 Å². The Labute approximate surface area is 83.7 Å². The second-order valence-electron chi connectivity index (χ2n) is 2.45. The molecule has 0 fully saturated rings. The molecule has 0 unspecified atom stereocenters. The van der Waals surface area contributed by atoms with E-state index in [-0.39, 0.29) is 5.46 Å². The Hall–Kier alpha value is -0.135. The molecule has 12 heavy (non-hydrogen) atoms.